The number of nitrogens with one attached hydrogen (secondary N) is 1. The Morgan fingerprint density at radius 3 is 2.94 bits per heavy atom. The quantitative estimate of drug-likeness (QED) is 0.863. The zero-order valence-corrected chi connectivity index (χ0v) is 11.1. The number of ether oxygens (including phenoxy) is 1. The van der Waals surface area contributed by atoms with E-state index in [1.165, 1.54) is 30.4 Å². The van der Waals surface area contributed by atoms with Gasteiger partial charge < -0.3 is 10.1 Å². The van der Waals surface area contributed by atoms with Gasteiger partial charge in [0.1, 0.15) is 5.75 Å². The molecule has 1 saturated heterocycles. The van der Waals surface area contributed by atoms with Crippen LogP contribution in [0.4, 0.5) is 0 Å². The third kappa shape index (κ3) is 2.81. The van der Waals surface area contributed by atoms with Crippen molar-refractivity contribution in [3.63, 3.8) is 0 Å². The highest BCUT2D eigenvalue weighted by Gasteiger charge is 2.23. The van der Waals surface area contributed by atoms with Gasteiger partial charge in [-0.2, -0.15) is 0 Å². The van der Waals surface area contributed by atoms with Gasteiger partial charge >= 0.3 is 0 Å². The molecule has 1 heterocycles. The SMILES string of the molecule is CCC1CCNC(c2cc(C)ccc2OC)C1. The Balaban J connectivity index is 2.22. The predicted molar refractivity (Wildman–Crippen MR) is 71.5 cm³/mol. The van der Waals surface area contributed by atoms with Crippen LogP contribution in [0.25, 0.3) is 0 Å². The monoisotopic (exact) mass is 233 g/mol. The van der Waals surface area contributed by atoms with E-state index in [1.54, 1.807) is 7.11 Å². The number of rotatable bonds is 3. The van der Waals surface area contributed by atoms with E-state index in [1.807, 2.05) is 0 Å². The number of piperidine rings is 1. The Labute approximate surface area is 104 Å². The van der Waals surface area contributed by atoms with E-state index in [0.717, 1.165) is 18.2 Å². The third-order valence-electron chi connectivity index (χ3n) is 3.85. The van der Waals surface area contributed by atoms with Crippen LogP contribution in [-0.2, 0) is 0 Å². The Morgan fingerprint density at radius 1 is 1.41 bits per heavy atom. The minimum absolute atomic E-state index is 0.462. The zero-order chi connectivity index (χ0) is 12.3. The maximum absolute atomic E-state index is 5.48. The molecule has 0 saturated carbocycles. The van der Waals surface area contributed by atoms with Crippen molar-refractivity contribution in [1.82, 2.24) is 5.32 Å². The van der Waals surface area contributed by atoms with Gasteiger partial charge in [0.2, 0.25) is 0 Å². The van der Waals surface area contributed by atoms with E-state index in [2.05, 4.69) is 37.4 Å². The predicted octanol–water partition coefficient (Wildman–Crippen LogP) is 3.45. The first-order chi connectivity index (χ1) is 8.24. The standard InChI is InChI=1S/C15H23NO/c1-4-12-7-8-16-14(10-12)13-9-11(2)5-6-15(13)17-3/h5-6,9,12,14,16H,4,7-8,10H2,1-3H3. The van der Waals surface area contributed by atoms with Gasteiger partial charge in [-0.3, -0.25) is 0 Å². The van der Waals surface area contributed by atoms with Gasteiger partial charge in [0.25, 0.3) is 0 Å². The van der Waals surface area contributed by atoms with Gasteiger partial charge in [0.15, 0.2) is 0 Å². The van der Waals surface area contributed by atoms with Gasteiger partial charge in [-0.05, 0) is 38.3 Å². The first kappa shape index (κ1) is 12.4. The maximum atomic E-state index is 5.48. The molecule has 1 aromatic carbocycles. The van der Waals surface area contributed by atoms with Crippen LogP contribution in [0, 0.1) is 12.8 Å². The molecule has 1 aliphatic rings. The Kier molecular flexibility index (Phi) is 4.06. The van der Waals surface area contributed by atoms with Crippen LogP contribution in [-0.4, -0.2) is 13.7 Å². The molecule has 94 valence electrons. The lowest BCUT2D eigenvalue weighted by Crippen LogP contribution is -2.31. The molecule has 17 heavy (non-hydrogen) atoms. The third-order valence-corrected chi connectivity index (χ3v) is 3.85. The van der Waals surface area contributed by atoms with E-state index in [-0.39, 0.29) is 0 Å². The number of aryl methyl sites for hydroxylation is 1. The zero-order valence-electron chi connectivity index (χ0n) is 11.1. The maximum Gasteiger partial charge on any atom is 0.123 e. The summed E-state index contributed by atoms with van der Waals surface area (Å²) in [6.07, 6.45) is 3.82. The molecule has 1 aromatic rings. The minimum Gasteiger partial charge on any atom is -0.496 e. The lowest BCUT2D eigenvalue weighted by Gasteiger charge is -2.31. The molecule has 1 fully saturated rings. The largest absolute Gasteiger partial charge is 0.496 e. The van der Waals surface area contributed by atoms with Crippen LogP contribution in [0.5, 0.6) is 5.75 Å². The summed E-state index contributed by atoms with van der Waals surface area (Å²) >= 11 is 0. The fraction of sp³-hybridized carbons (Fsp3) is 0.600. The smallest absolute Gasteiger partial charge is 0.123 e. The second-order valence-corrected chi connectivity index (χ2v) is 5.05. The molecule has 0 amide bonds. The van der Waals surface area contributed by atoms with Crippen molar-refractivity contribution in [2.45, 2.75) is 39.2 Å². The van der Waals surface area contributed by atoms with Crippen molar-refractivity contribution in [3.05, 3.63) is 29.3 Å². The fourth-order valence-electron chi connectivity index (χ4n) is 2.73. The number of hydrogen-bond acceptors (Lipinski definition) is 2. The molecule has 2 atom stereocenters. The van der Waals surface area contributed by atoms with Crippen molar-refractivity contribution in [1.29, 1.82) is 0 Å². The molecule has 2 heteroatoms. The molecule has 0 aromatic heterocycles. The summed E-state index contributed by atoms with van der Waals surface area (Å²) in [7, 11) is 1.76. The molecule has 0 radical (unpaired) electrons. The Bertz CT molecular complexity index is 375. The Morgan fingerprint density at radius 2 is 2.24 bits per heavy atom. The molecule has 1 aliphatic heterocycles. The average molecular weight is 233 g/mol. The van der Waals surface area contributed by atoms with Crippen LogP contribution in [0.1, 0.15) is 43.4 Å². The molecule has 0 bridgehead atoms. The number of methoxy groups -OCH3 is 1. The highest BCUT2D eigenvalue weighted by Crippen LogP contribution is 2.34. The van der Waals surface area contributed by atoms with Crippen LogP contribution >= 0.6 is 0 Å². The van der Waals surface area contributed by atoms with Crippen molar-refractivity contribution < 1.29 is 4.74 Å². The van der Waals surface area contributed by atoms with Crippen molar-refractivity contribution in [2.24, 2.45) is 5.92 Å². The first-order valence-electron chi connectivity index (χ1n) is 6.62. The minimum atomic E-state index is 0.462. The van der Waals surface area contributed by atoms with Gasteiger partial charge in [-0.15, -0.1) is 0 Å². The second-order valence-electron chi connectivity index (χ2n) is 5.05. The molecule has 0 aliphatic carbocycles. The summed E-state index contributed by atoms with van der Waals surface area (Å²) in [6.45, 7) is 5.56. The van der Waals surface area contributed by atoms with Crippen molar-refractivity contribution in [3.8, 4) is 5.75 Å². The van der Waals surface area contributed by atoms with E-state index in [4.69, 9.17) is 4.74 Å². The normalized spacial score (nSPS) is 24.6. The molecule has 0 spiro atoms. The van der Waals surface area contributed by atoms with Gasteiger partial charge in [-0.25, -0.2) is 0 Å². The summed E-state index contributed by atoms with van der Waals surface area (Å²) in [5.74, 6) is 1.87. The van der Waals surface area contributed by atoms with Gasteiger partial charge in [-0.1, -0.05) is 31.0 Å². The van der Waals surface area contributed by atoms with E-state index in [0.29, 0.717) is 6.04 Å². The molecule has 2 nitrogen and oxygen atoms in total. The summed E-state index contributed by atoms with van der Waals surface area (Å²) in [5, 5.41) is 3.62. The summed E-state index contributed by atoms with van der Waals surface area (Å²) < 4.78 is 5.48. The molecular weight excluding hydrogens is 210 g/mol. The van der Waals surface area contributed by atoms with Crippen molar-refractivity contribution >= 4 is 0 Å². The number of hydrogen-bond donors (Lipinski definition) is 1. The highest BCUT2D eigenvalue weighted by atomic mass is 16.5. The summed E-state index contributed by atoms with van der Waals surface area (Å²) in [5.41, 5.74) is 2.63. The van der Waals surface area contributed by atoms with Crippen molar-refractivity contribution in [2.75, 3.05) is 13.7 Å². The molecule has 2 rings (SSSR count). The first-order valence-corrected chi connectivity index (χ1v) is 6.62. The molecular formula is C15H23NO. The van der Waals surface area contributed by atoms with E-state index < -0.39 is 0 Å². The van der Waals surface area contributed by atoms with Crippen LogP contribution < -0.4 is 10.1 Å². The second kappa shape index (κ2) is 5.54. The summed E-state index contributed by atoms with van der Waals surface area (Å²) in [4.78, 5) is 0. The molecule has 1 N–H and O–H groups in total. The van der Waals surface area contributed by atoms with Crippen LogP contribution in [0.3, 0.4) is 0 Å². The Hall–Kier alpha value is -1.02. The van der Waals surface area contributed by atoms with Crippen LogP contribution in [0.2, 0.25) is 0 Å². The summed E-state index contributed by atoms with van der Waals surface area (Å²) in [6, 6.07) is 6.92. The van der Waals surface area contributed by atoms with Gasteiger partial charge in [0.05, 0.1) is 7.11 Å². The van der Waals surface area contributed by atoms with E-state index in [9.17, 15) is 0 Å². The lowest BCUT2D eigenvalue weighted by atomic mass is 9.86. The fourth-order valence-corrected chi connectivity index (χ4v) is 2.73. The van der Waals surface area contributed by atoms with Gasteiger partial charge in [0, 0.05) is 11.6 Å². The highest BCUT2D eigenvalue weighted by molar-refractivity contribution is 5.39. The lowest BCUT2D eigenvalue weighted by molar-refractivity contribution is 0.292. The van der Waals surface area contributed by atoms with Crippen LogP contribution in [0.15, 0.2) is 18.2 Å². The average Bonchev–Trinajstić information content (AvgIpc) is 2.39. The topological polar surface area (TPSA) is 21.3 Å². The molecule has 2 unspecified atom stereocenters. The number of benzene rings is 1. The van der Waals surface area contributed by atoms with E-state index >= 15 is 0 Å².